The average Bonchev–Trinajstić information content (AvgIpc) is 3.64. The third kappa shape index (κ3) is 5.63. The zero-order chi connectivity index (χ0) is 35.1. The minimum absolute atomic E-state index is 0.681. The van der Waals surface area contributed by atoms with Gasteiger partial charge in [-0.1, -0.05) is 164 Å². The molecule has 0 saturated heterocycles. The Morgan fingerprint density at radius 1 is 0.340 bits per heavy atom. The number of aromatic nitrogens is 3. The van der Waals surface area contributed by atoms with E-state index in [2.05, 4.69) is 146 Å². The lowest BCUT2D eigenvalue weighted by atomic mass is 9.98. The Morgan fingerprint density at radius 2 is 0.830 bits per heavy atom. The van der Waals surface area contributed by atoms with E-state index in [0.717, 1.165) is 83.3 Å². The molecule has 0 atom stereocenters. The zero-order valence-electron chi connectivity index (χ0n) is 28.6. The van der Waals surface area contributed by atoms with Crippen LogP contribution in [-0.2, 0) is 0 Å². The Bertz CT molecular complexity index is 2900. The molecule has 4 nitrogen and oxygen atoms in total. The van der Waals surface area contributed by atoms with Crippen LogP contribution in [0.15, 0.2) is 192 Å². The second-order valence-electron chi connectivity index (χ2n) is 13.2. The number of nitrogens with zero attached hydrogens (tertiary/aromatic N) is 3. The molecule has 0 aliphatic heterocycles. The normalized spacial score (nSPS) is 11.4. The van der Waals surface area contributed by atoms with Crippen molar-refractivity contribution in [2.24, 2.45) is 0 Å². The summed E-state index contributed by atoms with van der Waals surface area (Å²) in [4.78, 5) is 15.4. The molecule has 3 aromatic heterocycles. The highest BCUT2D eigenvalue weighted by molar-refractivity contribution is 6.19. The number of pyridine rings is 1. The van der Waals surface area contributed by atoms with Gasteiger partial charge in [0.2, 0.25) is 0 Å². The Hall–Kier alpha value is -7.17. The first-order valence-corrected chi connectivity index (χ1v) is 17.8. The largest absolute Gasteiger partial charge is 0.455 e. The van der Waals surface area contributed by atoms with Gasteiger partial charge >= 0.3 is 0 Å². The van der Waals surface area contributed by atoms with E-state index >= 15 is 0 Å². The maximum absolute atomic E-state index is 6.56. The predicted octanol–water partition coefficient (Wildman–Crippen LogP) is 12.9. The number of hydrogen-bond acceptors (Lipinski definition) is 4. The molecule has 3 heterocycles. The summed E-state index contributed by atoms with van der Waals surface area (Å²) in [6, 6.07) is 64.9. The molecule has 248 valence electrons. The van der Waals surface area contributed by atoms with Crippen molar-refractivity contribution in [3.05, 3.63) is 188 Å². The number of fused-ring (bicyclic) bond motifs is 5. The monoisotopic (exact) mass is 677 g/mol. The smallest absolute Gasteiger partial charge is 0.160 e. The van der Waals surface area contributed by atoms with Crippen LogP contribution in [0.3, 0.4) is 0 Å². The second-order valence-corrected chi connectivity index (χ2v) is 13.2. The van der Waals surface area contributed by atoms with E-state index < -0.39 is 0 Å². The van der Waals surface area contributed by atoms with Gasteiger partial charge in [0, 0.05) is 33.0 Å². The summed E-state index contributed by atoms with van der Waals surface area (Å²) in [5, 5.41) is 3.08. The van der Waals surface area contributed by atoms with Crippen molar-refractivity contribution in [3.8, 4) is 67.4 Å². The zero-order valence-corrected chi connectivity index (χ0v) is 28.6. The van der Waals surface area contributed by atoms with Crippen LogP contribution in [0.2, 0.25) is 0 Å². The number of para-hydroxylation sites is 1. The molecule has 0 fully saturated rings. The first kappa shape index (κ1) is 30.6. The third-order valence-corrected chi connectivity index (χ3v) is 9.91. The van der Waals surface area contributed by atoms with Crippen LogP contribution in [0.1, 0.15) is 0 Å². The van der Waals surface area contributed by atoms with Crippen LogP contribution in [0, 0.1) is 0 Å². The Morgan fingerprint density at radius 3 is 1.51 bits per heavy atom. The summed E-state index contributed by atoms with van der Waals surface area (Å²) in [5.74, 6) is 0.681. The van der Waals surface area contributed by atoms with E-state index in [1.807, 2.05) is 42.5 Å². The van der Waals surface area contributed by atoms with Gasteiger partial charge in [-0.25, -0.2) is 15.0 Å². The quantitative estimate of drug-likeness (QED) is 0.176. The van der Waals surface area contributed by atoms with Gasteiger partial charge in [-0.3, -0.25) is 0 Å². The fraction of sp³-hybridized carbons (Fsp3) is 0. The van der Waals surface area contributed by atoms with Crippen LogP contribution >= 0.6 is 0 Å². The summed E-state index contributed by atoms with van der Waals surface area (Å²) >= 11 is 0. The SMILES string of the molecule is c1ccc(-c2ccc(-c3cc(-c4ccccc4)nc(-c4ccc(-c5ccc6nc(-c7ccccc7)c7c8ccccc8oc7c6c5)cc4)n3)cc2)cc1. The van der Waals surface area contributed by atoms with Crippen molar-refractivity contribution in [1.82, 2.24) is 15.0 Å². The Kier molecular flexibility index (Phi) is 7.43. The van der Waals surface area contributed by atoms with Crippen LogP contribution in [0.5, 0.6) is 0 Å². The molecule has 0 bridgehead atoms. The molecule has 10 rings (SSSR count). The topological polar surface area (TPSA) is 51.8 Å². The van der Waals surface area contributed by atoms with Crippen molar-refractivity contribution in [2.75, 3.05) is 0 Å². The van der Waals surface area contributed by atoms with Crippen molar-refractivity contribution < 1.29 is 4.42 Å². The van der Waals surface area contributed by atoms with Crippen molar-refractivity contribution in [1.29, 1.82) is 0 Å². The standard InChI is InChI=1S/C49H31N3O/c1-4-12-32(13-5-1)33-20-24-36(25-21-33)44-31-43(35-14-6-2-7-15-35)51-49(52-44)38-26-22-34(23-27-38)39-28-29-42-41(30-39)48-46(40-18-10-11-19-45(40)53-48)47(50-42)37-16-8-3-9-17-37/h1-31H. The minimum Gasteiger partial charge on any atom is -0.455 e. The van der Waals surface area contributed by atoms with Gasteiger partial charge in [0.1, 0.15) is 11.2 Å². The van der Waals surface area contributed by atoms with E-state index in [-0.39, 0.29) is 0 Å². The van der Waals surface area contributed by atoms with Crippen molar-refractivity contribution >= 4 is 32.8 Å². The molecular formula is C49H31N3O. The molecule has 10 aromatic rings. The molecule has 53 heavy (non-hydrogen) atoms. The molecule has 0 spiro atoms. The number of rotatable bonds is 6. The summed E-state index contributed by atoms with van der Waals surface area (Å²) in [6.45, 7) is 0. The van der Waals surface area contributed by atoms with Gasteiger partial charge in [0.15, 0.2) is 5.82 Å². The summed E-state index contributed by atoms with van der Waals surface area (Å²) in [5.41, 5.74) is 13.9. The van der Waals surface area contributed by atoms with E-state index in [1.165, 1.54) is 11.1 Å². The lowest BCUT2D eigenvalue weighted by Crippen LogP contribution is -1.96. The highest BCUT2D eigenvalue weighted by atomic mass is 16.3. The van der Waals surface area contributed by atoms with Gasteiger partial charge in [0.25, 0.3) is 0 Å². The maximum Gasteiger partial charge on any atom is 0.160 e. The molecule has 0 N–H and O–H groups in total. The minimum atomic E-state index is 0.681. The number of benzene rings is 7. The van der Waals surface area contributed by atoms with Crippen LogP contribution in [-0.4, -0.2) is 15.0 Å². The maximum atomic E-state index is 6.56. The number of furan rings is 1. The van der Waals surface area contributed by atoms with E-state index in [1.54, 1.807) is 0 Å². The summed E-state index contributed by atoms with van der Waals surface area (Å²) in [7, 11) is 0. The summed E-state index contributed by atoms with van der Waals surface area (Å²) in [6.07, 6.45) is 0. The lowest BCUT2D eigenvalue weighted by Gasteiger charge is -2.11. The lowest BCUT2D eigenvalue weighted by molar-refractivity contribution is 0.672. The van der Waals surface area contributed by atoms with Gasteiger partial charge in [0.05, 0.1) is 28.0 Å². The van der Waals surface area contributed by atoms with Gasteiger partial charge in [-0.2, -0.15) is 0 Å². The molecule has 0 aliphatic rings. The molecular weight excluding hydrogens is 647 g/mol. The molecule has 7 aromatic carbocycles. The summed E-state index contributed by atoms with van der Waals surface area (Å²) < 4.78 is 6.56. The van der Waals surface area contributed by atoms with Gasteiger partial charge < -0.3 is 4.42 Å². The van der Waals surface area contributed by atoms with Crippen molar-refractivity contribution in [2.45, 2.75) is 0 Å². The average molecular weight is 678 g/mol. The number of hydrogen-bond donors (Lipinski definition) is 0. The van der Waals surface area contributed by atoms with Gasteiger partial charge in [-0.05, 0) is 46.5 Å². The van der Waals surface area contributed by atoms with E-state index in [4.69, 9.17) is 19.4 Å². The fourth-order valence-electron chi connectivity index (χ4n) is 7.20. The van der Waals surface area contributed by atoms with E-state index in [9.17, 15) is 0 Å². The van der Waals surface area contributed by atoms with E-state index in [0.29, 0.717) is 5.82 Å². The first-order valence-electron chi connectivity index (χ1n) is 17.8. The molecule has 0 saturated carbocycles. The molecule has 0 amide bonds. The molecule has 0 radical (unpaired) electrons. The molecule has 0 aliphatic carbocycles. The Balaban J connectivity index is 1.05. The molecule has 4 heteroatoms. The highest BCUT2D eigenvalue weighted by Crippen LogP contribution is 2.40. The fourth-order valence-corrected chi connectivity index (χ4v) is 7.20. The third-order valence-electron chi connectivity index (χ3n) is 9.91. The Labute approximate surface area is 306 Å². The van der Waals surface area contributed by atoms with Crippen LogP contribution in [0.25, 0.3) is 100 Å². The van der Waals surface area contributed by atoms with Crippen LogP contribution < -0.4 is 0 Å². The van der Waals surface area contributed by atoms with Crippen LogP contribution in [0.4, 0.5) is 0 Å². The van der Waals surface area contributed by atoms with Crippen molar-refractivity contribution in [3.63, 3.8) is 0 Å². The second kappa shape index (κ2) is 12.9. The predicted molar refractivity (Wildman–Crippen MR) is 217 cm³/mol. The molecule has 0 unspecified atom stereocenters. The first-order chi connectivity index (χ1) is 26.2. The van der Waals surface area contributed by atoms with Gasteiger partial charge in [-0.15, -0.1) is 0 Å². The highest BCUT2D eigenvalue weighted by Gasteiger charge is 2.18.